The molecule has 1 aliphatic carbocycles. The monoisotopic (exact) mass is 309 g/mol. The van der Waals surface area contributed by atoms with Crippen molar-refractivity contribution in [3.8, 4) is 0 Å². The quantitative estimate of drug-likeness (QED) is 0.848. The van der Waals surface area contributed by atoms with Gasteiger partial charge in [0.2, 0.25) is 10.0 Å². The van der Waals surface area contributed by atoms with Crippen LogP contribution in [0.4, 0.5) is 0 Å². The Balaban J connectivity index is 1.93. The molecule has 0 saturated heterocycles. The molecule has 1 aliphatic rings. The molecule has 0 aliphatic heterocycles. The molecule has 0 aromatic carbocycles. The molecule has 1 heterocycles. The zero-order chi connectivity index (χ0) is 10.9. The van der Waals surface area contributed by atoms with Crippen molar-refractivity contribution >= 4 is 37.3 Å². The van der Waals surface area contributed by atoms with Crippen molar-refractivity contribution in [1.82, 2.24) is 4.72 Å². The van der Waals surface area contributed by atoms with Crippen LogP contribution in [0.5, 0.6) is 0 Å². The molecule has 1 aromatic rings. The van der Waals surface area contributed by atoms with E-state index in [-0.39, 0.29) is 4.83 Å². The lowest BCUT2D eigenvalue weighted by molar-refractivity contribution is 0.580. The molecular formula is C9H12BrNO2S2. The Morgan fingerprint density at radius 1 is 1.60 bits per heavy atom. The van der Waals surface area contributed by atoms with Crippen LogP contribution in [-0.4, -0.2) is 19.8 Å². The molecule has 84 valence electrons. The summed E-state index contributed by atoms with van der Waals surface area (Å²) in [4.78, 5) is 0.271. The first-order chi connectivity index (χ1) is 7.09. The molecule has 1 fully saturated rings. The van der Waals surface area contributed by atoms with Crippen LogP contribution in [0.15, 0.2) is 21.7 Å². The summed E-state index contributed by atoms with van der Waals surface area (Å²) in [5.41, 5.74) is 0. The Morgan fingerprint density at radius 2 is 2.33 bits per heavy atom. The maximum Gasteiger partial charge on any atom is 0.250 e. The summed E-state index contributed by atoms with van der Waals surface area (Å²) in [5, 5.41) is 1.76. The minimum absolute atomic E-state index is 0.271. The van der Waals surface area contributed by atoms with Gasteiger partial charge in [0.25, 0.3) is 0 Å². The van der Waals surface area contributed by atoms with Gasteiger partial charge in [0.15, 0.2) is 0 Å². The van der Waals surface area contributed by atoms with Gasteiger partial charge in [-0.3, -0.25) is 0 Å². The van der Waals surface area contributed by atoms with Crippen LogP contribution in [0.3, 0.4) is 0 Å². The lowest BCUT2D eigenvalue weighted by Crippen LogP contribution is -2.29. The minimum atomic E-state index is -3.28. The first kappa shape index (κ1) is 11.6. The van der Waals surface area contributed by atoms with Crippen LogP contribution in [-0.2, 0) is 10.0 Å². The summed E-state index contributed by atoms with van der Waals surface area (Å²) in [7, 11) is -3.28. The van der Waals surface area contributed by atoms with E-state index in [1.165, 1.54) is 24.2 Å². The van der Waals surface area contributed by atoms with Gasteiger partial charge in [-0.25, -0.2) is 13.1 Å². The van der Waals surface area contributed by atoms with Gasteiger partial charge in [-0.05, 0) is 30.2 Å². The highest BCUT2D eigenvalue weighted by molar-refractivity contribution is 9.09. The maximum absolute atomic E-state index is 11.7. The second-order valence-corrected chi connectivity index (χ2v) is 7.76. The van der Waals surface area contributed by atoms with Crippen LogP contribution in [0, 0.1) is 5.92 Å². The Hall–Kier alpha value is 0.0900. The fourth-order valence-electron chi connectivity index (χ4n) is 1.30. The summed E-state index contributed by atoms with van der Waals surface area (Å²) in [5.74, 6) is 0.649. The molecule has 0 amide bonds. The third-order valence-corrected chi connectivity index (χ3v) is 6.25. The lowest BCUT2D eigenvalue weighted by atomic mass is 10.3. The van der Waals surface area contributed by atoms with Gasteiger partial charge in [-0.15, -0.1) is 11.3 Å². The van der Waals surface area contributed by atoms with Crippen molar-refractivity contribution in [2.45, 2.75) is 21.9 Å². The summed E-state index contributed by atoms with van der Waals surface area (Å²) in [6, 6.07) is 3.36. The highest BCUT2D eigenvalue weighted by Gasteiger charge is 2.30. The fraction of sp³-hybridized carbons (Fsp3) is 0.556. The van der Waals surface area contributed by atoms with Crippen LogP contribution >= 0.6 is 27.3 Å². The van der Waals surface area contributed by atoms with E-state index in [0.29, 0.717) is 16.7 Å². The van der Waals surface area contributed by atoms with E-state index in [2.05, 4.69) is 20.7 Å². The molecule has 0 radical (unpaired) electrons. The second kappa shape index (κ2) is 4.53. The van der Waals surface area contributed by atoms with Crippen molar-refractivity contribution in [2.24, 2.45) is 5.92 Å². The number of sulfonamides is 1. The Morgan fingerprint density at radius 3 is 2.87 bits per heavy atom. The largest absolute Gasteiger partial charge is 0.250 e. The van der Waals surface area contributed by atoms with Gasteiger partial charge in [0, 0.05) is 11.4 Å². The molecule has 0 spiro atoms. The number of rotatable bonds is 5. The van der Waals surface area contributed by atoms with Crippen molar-refractivity contribution in [3.05, 3.63) is 17.5 Å². The van der Waals surface area contributed by atoms with Gasteiger partial charge >= 0.3 is 0 Å². The molecule has 1 saturated carbocycles. The number of hydrogen-bond donors (Lipinski definition) is 1. The minimum Gasteiger partial charge on any atom is -0.209 e. The first-order valence-electron chi connectivity index (χ1n) is 4.77. The Labute approximate surface area is 102 Å². The highest BCUT2D eigenvalue weighted by Crippen LogP contribution is 2.36. The summed E-state index contributed by atoms with van der Waals surface area (Å²) >= 11 is 4.74. The van der Waals surface area contributed by atoms with Crippen molar-refractivity contribution < 1.29 is 8.42 Å². The van der Waals surface area contributed by atoms with Crippen molar-refractivity contribution in [2.75, 3.05) is 6.54 Å². The molecular weight excluding hydrogens is 298 g/mol. The number of hydrogen-bond acceptors (Lipinski definition) is 3. The summed E-state index contributed by atoms with van der Waals surface area (Å²) in [6.07, 6.45) is 2.41. The summed E-state index contributed by atoms with van der Waals surface area (Å²) < 4.78 is 26.4. The van der Waals surface area contributed by atoms with Crippen LogP contribution < -0.4 is 4.72 Å². The molecule has 15 heavy (non-hydrogen) atoms. The summed E-state index contributed by atoms with van der Waals surface area (Å²) in [6.45, 7) is 0.477. The molecule has 1 aromatic heterocycles. The van der Waals surface area contributed by atoms with E-state index < -0.39 is 10.0 Å². The predicted molar refractivity (Wildman–Crippen MR) is 64.9 cm³/mol. The zero-order valence-electron chi connectivity index (χ0n) is 8.02. The smallest absolute Gasteiger partial charge is 0.209 e. The third kappa shape index (κ3) is 3.03. The molecule has 0 bridgehead atoms. The van der Waals surface area contributed by atoms with Crippen LogP contribution in [0.1, 0.15) is 12.8 Å². The fourth-order valence-corrected chi connectivity index (χ4v) is 4.30. The van der Waals surface area contributed by atoms with Gasteiger partial charge < -0.3 is 0 Å². The Kier molecular flexibility index (Phi) is 3.49. The second-order valence-electron chi connectivity index (χ2n) is 3.64. The predicted octanol–water partition coefficient (Wildman–Crippen LogP) is 2.20. The van der Waals surface area contributed by atoms with E-state index in [1.807, 2.05) is 0 Å². The topological polar surface area (TPSA) is 46.2 Å². The van der Waals surface area contributed by atoms with Crippen LogP contribution in [0.2, 0.25) is 0 Å². The highest BCUT2D eigenvalue weighted by atomic mass is 79.9. The van der Waals surface area contributed by atoms with E-state index >= 15 is 0 Å². The molecule has 1 unspecified atom stereocenters. The number of nitrogens with one attached hydrogen (secondary N) is 1. The molecule has 6 heteroatoms. The van der Waals surface area contributed by atoms with E-state index in [4.69, 9.17) is 0 Å². The molecule has 2 rings (SSSR count). The molecule has 3 nitrogen and oxygen atoms in total. The molecule has 1 atom stereocenters. The van der Waals surface area contributed by atoms with Gasteiger partial charge in [0.05, 0.1) is 0 Å². The van der Waals surface area contributed by atoms with E-state index in [1.54, 1.807) is 17.5 Å². The lowest BCUT2D eigenvalue weighted by Gasteiger charge is -2.09. The van der Waals surface area contributed by atoms with Crippen LogP contribution in [0.25, 0.3) is 0 Å². The van der Waals surface area contributed by atoms with Gasteiger partial charge in [-0.1, -0.05) is 22.0 Å². The van der Waals surface area contributed by atoms with E-state index in [0.717, 1.165) is 0 Å². The number of alkyl halides is 1. The third-order valence-electron chi connectivity index (χ3n) is 2.36. The average molecular weight is 310 g/mol. The average Bonchev–Trinajstić information content (AvgIpc) is 2.89. The van der Waals surface area contributed by atoms with Gasteiger partial charge in [0.1, 0.15) is 4.21 Å². The molecule has 1 N–H and O–H groups in total. The SMILES string of the molecule is O=S(=O)(NCC(Br)C1CC1)c1cccs1. The number of halogens is 1. The van der Waals surface area contributed by atoms with Gasteiger partial charge in [-0.2, -0.15) is 0 Å². The normalized spacial score (nSPS) is 19.0. The first-order valence-corrected chi connectivity index (χ1v) is 8.05. The van der Waals surface area contributed by atoms with Crippen molar-refractivity contribution in [1.29, 1.82) is 0 Å². The number of thiophene rings is 1. The van der Waals surface area contributed by atoms with E-state index in [9.17, 15) is 8.42 Å². The standard InChI is InChI=1S/C9H12BrNO2S2/c10-8(7-3-4-7)6-11-15(12,13)9-2-1-5-14-9/h1-2,5,7-8,11H,3-4,6H2. The maximum atomic E-state index is 11.7. The zero-order valence-corrected chi connectivity index (χ0v) is 11.2. The Bertz CT molecular complexity index is 411. The van der Waals surface area contributed by atoms with Crippen molar-refractivity contribution in [3.63, 3.8) is 0 Å².